The van der Waals surface area contributed by atoms with Gasteiger partial charge in [-0.3, -0.25) is 4.79 Å². The van der Waals surface area contributed by atoms with Gasteiger partial charge in [0.25, 0.3) is 0 Å². The molecule has 1 aromatic rings. The molecule has 7 heteroatoms. The first kappa shape index (κ1) is 14.3. The summed E-state index contributed by atoms with van der Waals surface area (Å²) < 4.78 is 22.4. The lowest BCUT2D eigenvalue weighted by Crippen LogP contribution is -2.38. The highest BCUT2D eigenvalue weighted by Gasteiger charge is 2.22. The second-order valence-electron chi connectivity index (χ2n) is 4.50. The maximum atomic E-state index is 11.7. The zero-order valence-electron chi connectivity index (χ0n) is 10.8. The molecular weight excluding hydrogens is 280 g/mol. The highest BCUT2D eigenvalue weighted by molar-refractivity contribution is 7.94. The lowest BCUT2D eigenvalue weighted by atomic mass is 10.1. The van der Waals surface area contributed by atoms with Crippen LogP contribution in [0.15, 0.2) is 35.7 Å². The van der Waals surface area contributed by atoms with E-state index in [1.54, 1.807) is 24.3 Å². The molecule has 0 fully saturated rings. The largest absolute Gasteiger partial charge is 0.331 e. The first-order chi connectivity index (χ1) is 9.35. The van der Waals surface area contributed by atoms with Crippen molar-refractivity contribution in [2.24, 2.45) is 0 Å². The summed E-state index contributed by atoms with van der Waals surface area (Å²) in [6.45, 7) is 1.46. The average molecular weight is 294 g/mol. The summed E-state index contributed by atoms with van der Waals surface area (Å²) in [5.41, 5.74) is 1.08. The predicted molar refractivity (Wildman–Crippen MR) is 75.3 cm³/mol. The zero-order chi connectivity index (χ0) is 14.8. The number of carbonyl (C=O) groups is 2. The maximum Gasteiger partial charge on any atom is 0.319 e. The van der Waals surface area contributed by atoms with E-state index in [1.165, 1.54) is 13.0 Å². The van der Waals surface area contributed by atoms with Crippen molar-refractivity contribution in [3.8, 4) is 0 Å². The molecule has 1 aliphatic heterocycles. The van der Waals surface area contributed by atoms with Crippen molar-refractivity contribution in [2.75, 3.05) is 11.1 Å². The molecule has 1 aliphatic rings. The number of carbonyl (C=O) groups excluding carboxylic acids is 2. The Bertz CT molecular complexity index is 662. The molecule has 1 heterocycles. The van der Waals surface area contributed by atoms with Crippen LogP contribution < -0.4 is 10.6 Å². The minimum Gasteiger partial charge on any atom is -0.331 e. The molecule has 0 spiro atoms. The normalized spacial score (nSPS) is 19.6. The number of amides is 2. The van der Waals surface area contributed by atoms with Crippen LogP contribution in [-0.2, 0) is 9.84 Å². The molecule has 1 unspecified atom stereocenters. The number of sulfone groups is 1. The Balaban J connectivity index is 1.92. The van der Waals surface area contributed by atoms with E-state index < -0.39 is 21.9 Å². The van der Waals surface area contributed by atoms with Gasteiger partial charge in [-0.05, 0) is 37.3 Å². The van der Waals surface area contributed by atoms with Gasteiger partial charge >= 0.3 is 6.03 Å². The molecule has 6 nitrogen and oxygen atoms in total. The second-order valence-corrected chi connectivity index (χ2v) is 6.43. The Hall–Kier alpha value is -2.15. The molecule has 20 heavy (non-hydrogen) atoms. The third-order valence-electron chi connectivity index (χ3n) is 2.80. The van der Waals surface area contributed by atoms with Crippen LogP contribution in [-0.4, -0.2) is 32.0 Å². The van der Waals surface area contributed by atoms with Crippen LogP contribution in [0.25, 0.3) is 0 Å². The monoisotopic (exact) mass is 294 g/mol. The summed E-state index contributed by atoms with van der Waals surface area (Å²) in [7, 11) is -3.19. The van der Waals surface area contributed by atoms with Gasteiger partial charge in [0.15, 0.2) is 15.6 Å². The number of benzene rings is 1. The third-order valence-corrected chi connectivity index (χ3v) is 4.19. The van der Waals surface area contributed by atoms with Crippen molar-refractivity contribution in [2.45, 2.75) is 13.0 Å². The van der Waals surface area contributed by atoms with Crippen LogP contribution in [0.5, 0.6) is 0 Å². The fourth-order valence-electron chi connectivity index (χ4n) is 1.79. The Morgan fingerprint density at radius 3 is 2.35 bits per heavy atom. The summed E-state index contributed by atoms with van der Waals surface area (Å²) in [6.07, 6.45) is 1.44. The number of urea groups is 1. The first-order valence-corrected chi connectivity index (χ1v) is 7.67. The molecular formula is C13H14N2O4S. The lowest BCUT2D eigenvalue weighted by Gasteiger charge is -2.11. The summed E-state index contributed by atoms with van der Waals surface area (Å²) in [4.78, 5) is 22.8. The van der Waals surface area contributed by atoms with Crippen molar-refractivity contribution < 1.29 is 18.0 Å². The molecule has 0 saturated heterocycles. The van der Waals surface area contributed by atoms with E-state index >= 15 is 0 Å². The highest BCUT2D eigenvalue weighted by Crippen LogP contribution is 2.11. The number of hydrogen-bond acceptors (Lipinski definition) is 4. The van der Waals surface area contributed by atoms with Crippen molar-refractivity contribution in [1.29, 1.82) is 0 Å². The Morgan fingerprint density at radius 2 is 1.85 bits per heavy atom. The van der Waals surface area contributed by atoms with E-state index in [-0.39, 0.29) is 11.5 Å². The summed E-state index contributed by atoms with van der Waals surface area (Å²) >= 11 is 0. The van der Waals surface area contributed by atoms with E-state index in [9.17, 15) is 18.0 Å². The number of nitrogens with one attached hydrogen (secondary N) is 2. The molecule has 0 bridgehead atoms. The number of rotatable bonds is 3. The molecule has 0 aliphatic carbocycles. The van der Waals surface area contributed by atoms with Crippen LogP contribution in [0.1, 0.15) is 17.3 Å². The Morgan fingerprint density at radius 1 is 1.20 bits per heavy atom. The molecule has 2 N–H and O–H groups in total. The van der Waals surface area contributed by atoms with Gasteiger partial charge in [0, 0.05) is 16.7 Å². The van der Waals surface area contributed by atoms with Crippen molar-refractivity contribution in [3.63, 3.8) is 0 Å². The Labute approximate surface area is 116 Å². The van der Waals surface area contributed by atoms with Gasteiger partial charge in [-0.25, -0.2) is 13.2 Å². The Kier molecular flexibility index (Phi) is 3.89. The topological polar surface area (TPSA) is 92.3 Å². The van der Waals surface area contributed by atoms with Gasteiger partial charge in [-0.2, -0.15) is 0 Å². The van der Waals surface area contributed by atoms with E-state index in [0.29, 0.717) is 11.3 Å². The summed E-state index contributed by atoms with van der Waals surface area (Å²) in [5, 5.41) is 6.21. The molecule has 0 saturated carbocycles. The number of ketones is 1. The van der Waals surface area contributed by atoms with Gasteiger partial charge in [-0.1, -0.05) is 0 Å². The highest BCUT2D eigenvalue weighted by atomic mass is 32.2. The third kappa shape index (κ3) is 3.67. The zero-order valence-corrected chi connectivity index (χ0v) is 11.6. The minimum atomic E-state index is -3.19. The van der Waals surface area contributed by atoms with Crippen LogP contribution in [0.2, 0.25) is 0 Å². The molecule has 0 radical (unpaired) electrons. The van der Waals surface area contributed by atoms with Crippen LogP contribution in [0.3, 0.4) is 0 Å². The molecule has 2 amide bonds. The fraction of sp³-hybridized carbons (Fsp3) is 0.231. The fourth-order valence-corrected chi connectivity index (χ4v) is 3.02. The van der Waals surface area contributed by atoms with Crippen molar-refractivity contribution in [1.82, 2.24) is 5.32 Å². The average Bonchev–Trinajstić information content (AvgIpc) is 2.69. The van der Waals surface area contributed by atoms with E-state index in [0.717, 1.165) is 5.41 Å². The molecule has 1 aromatic carbocycles. The van der Waals surface area contributed by atoms with Crippen LogP contribution in [0.4, 0.5) is 10.5 Å². The van der Waals surface area contributed by atoms with E-state index in [2.05, 4.69) is 10.6 Å². The quantitative estimate of drug-likeness (QED) is 0.822. The van der Waals surface area contributed by atoms with Gasteiger partial charge in [0.1, 0.15) is 0 Å². The number of anilines is 1. The SMILES string of the molecule is CC(=O)c1ccc(NC(=O)NC2C=CS(=O)(=O)C2)cc1. The maximum absolute atomic E-state index is 11.7. The number of hydrogen-bond donors (Lipinski definition) is 2. The minimum absolute atomic E-state index is 0.0534. The van der Waals surface area contributed by atoms with Gasteiger partial charge in [0.05, 0.1) is 11.8 Å². The van der Waals surface area contributed by atoms with E-state index in [1.807, 2.05) is 0 Å². The van der Waals surface area contributed by atoms with Gasteiger partial charge in [0.2, 0.25) is 0 Å². The summed E-state index contributed by atoms with van der Waals surface area (Å²) in [5.74, 6) is -0.175. The van der Waals surface area contributed by atoms with Crippen LogP contribution in [0, 0.1) is 0 Å². The standard InChI is InChI=1S/C13H14N2O4S/c1-9(16)10-2-4-11(5-3-10)14-13(17)15-12-6-7-20(18,19)8-12/h2-7,12H,8H2,1H3,(H2,14,15,17). The van der Waals surface area contributed by atoms with Crippen molar-refractivity contribution in [3.05, 3.63) is 41.3 Å². The smallest absolute Gasteiger partial charge is 0.319 e. The van der Waals surface area contributed by atoms with Crippen LogP contribution >= 0.6 is 0 Å². The lowest BCUT2D eigenvalue weighted by molar-refractivity contribution is 0.101. The van der Waals surface area contributed by atoms with Crippen molar-refractivity contribution >= 4 is 27.3 Å². The van der Waals surface area contributed by atoms with E-state index in [4.69, 9.17) is 0 Å². The summed E-state index contributed by atoms with van der Waals surface area (Å²) in [6, 6.07) is 5.43. The first-order valence-electron chi connectivity index (χ1n) is 5.95. The second kappa shape index (κ2) is 5.46. The van der Waals surface area contributed by atoms with Gasteiger partial charge in [-0.15, -0.1) is 0 Å². The molecule has 0 aromatic heterocycles. The van der Waals surface area contributed by atoms with Gasteiger partial charge < -0.3 is 10.6 Å². The molecule has 1 atom stereocenters. The predicted octanol–water partition coefficient (Wildman–Crippen LogP) is 1.32. The molecule has 106 valence electrons. The number of Topliss-reactive ketones (excluding diaryl/α,β-unsaturated/α-hetero) is 1. The molecule has 2 rings (SSSR count).